The fourth-order valence-corrected chi connectivity index (χ4v) is 3.50. The summed E-state index contributed by atoms with van der Waals surface area (Å²) in [5.74, 6) is 7.39. The highest BCUT2D eigenvalue weighted by Crippen LogP contribution is 2.43. The number of rotatable bonds is 4. The summed E-state index contributed by atoms with van der Waals surface area (Å²) < 4.78 is 5.76. The summed E-state index contributed by atoms with van der Waals surface area (Å²) in [6.07, 6.45) is 8.94. The Kier molecular flexibility index (Phi) is 3.88. The van der Waals surface area contributed by atoms with Crippen molar-refractivity contribution in [2.45, 2.75) is 63.5 Å². The van der Waals surface area contributed by atoms with E-state index in [0.29, 0.717) is 12.0 Å². The molecule has 0 radical (unpaired) electrons. The Morgan fingerprint density at radius 2 is 1.88 bits per heavy atom. The Morgan fingerprint density at radius 3 is 2.25 bits per heavy atom. The molecule has 2 aliphatic carbocycles. The van der Waals surface area contributed by atoms with Gasteiger partial charge in [-0.25, -0.2) is 0 Å². The molecular formula is C13H26N2O. The van der Waals surface area contributed by atoms with Gasteiger partial charge in [-0.3, -0.25) is 11.3 Å². The predicted octanol–water partition coefficient (Wildman–Crippen LogP) is 2.21. The van der Waals surface area contributed by atoms with Gasteiger partial charge in [-0.2, -0.15) is 0 Å². The second-order valence-corrected chi connectivity index (χ2v) is 5.79. The summed E-state index contributed by atoms with van der Waals surface area (Å²) in [5.41, 5.74) is 3.10. The molecule has 3 heteroatoms. The lowest BCUT2D eigenvalue weighted by Crippen LogP contribution is -2.61. The molecule has 0 spiro atoms. The Morgan fingerprint density at radius 1 is 1.25 bits per heavy atom. The van der Waals surface area contributed by atoms with Crippen LogP contribution in [-0.2, 0) is 4.74 Å². The summed E-state index contributed by atoms with van der Waals surface area (Å²) in [6, 6.07) is 0.360. The molecule has 0 aromatic carbocycles. The van der Waals surface area contributed by atoms with E-state index in [-0.39, 0.29) is 5.60 Å². The lowest BCUT2D eigenvalue weighted by atomic mass is 9.66. The molecule has 3 nitrogen and oxygen atoms in total. The van der Waals surface area contributed by atoms with Crippen molar-refractivity contribution in [3.8, 4) is 0 Å². The van der Waals surface area contributed by atoms with Crippen molar-refractivity contribution in [3.63, 3.8) is 0 Å². The second kappa shape index (κ2) is 5.03. The minimum absolute atomic E-state index is 0.0417. The van der Waals surface area contributed by atoms with Crippen LogP contribution in [0.3, 0.4) is 0 Å². The first-order valence-electron chi connectivity index (χ1n) is 6.73. The van der Waals surface area contributed by atoms with Crippen molar-refractivity contribution in [2.24, 2.45) is 17.7 Å². The van der Waals surface area contributed by atoms with Gasteiger partial charge in [0.05, 0.1) is 11.6 Å². The van der Waals surface area contributed by atoms with Crippen molar-refractivity contribution in [3.05, 3.63) is 0 Å². The molecule has 0 bridgehead atoms. The molecule has 1 unspecified atom stereocenters. The van der Waals surface area contributed by atoms with Gasteiger partial charge in [0.25, 0.3) is 0 Å². The van der Waals surface area contributed by atoms with Crippen LogP contribution in [0.5, 0.6) is 0 Å². The molecule has 1 atom stereocenters. The van der Waals surface area contributed by atoms with Gasteiger partial charge in [0.15, 0.2) is 0 Å². The van der Waals surface area contributed by atoms with E-state index in [9.17, 15) is 0 Å². The first kappa shape index (κ1) is 12.3. The molecule has 0 aliphatic heterocycles. The van der Waals surface area contributed by atoms with Crippen molar-refractivity contribution in [2.75, 3.05) is 7.11 Å². The molecule has 0 heterocycles. The molecule has 2 saturated carbocycles. The maximum absolute atomic E-state index is 5.78. The lowest BCUT2D eigenvalue weighted by molar-refractivity contribution is -0.115. The van der Waals surface area contributed by atoms with Gasteiger partial charge in [-0.05, 0) is 43.9 Å². The van der Waals surface area contributed by atoms with Crippen LogP contribution < -0.4 is 11.3 Å². The minimum Gasteiger partial charge on any atom is -0.377 e. The number of methoxy groups -OCH3 is 1. The molecule has 0 aromatic heterocycles. The summed E-state index contributed by atoms with van der Waals surface area (Å²) >= 11 is 0. The zero-order valence-electron chi connectivity index (χ0n) is 10.7. The molecular weight excluding hydrogens is 200 g/mol. The Bertz CT molecular complexity index is 214. The summed E-state index contributed by atoms with van der Waals surface area (Å²) in [6.45, 7) is 2.36. The quantitative estimate of drug-likeness (QED) is 0.571. The molecule has 2 fully saturated rings. The number of nitrogens with one attached hydrogen (secondary N) is 1. The van der Waals surface area contributed by atoms with E-state index < -0.39 is 0 Å². The maximum atomic E-state index is 5.78. The number of hydrazine groups is 1. The van der Waals surface area contributed by atoms with Gasteiger partial charge in [0.2, 0.25) is 0 Å². The molecule has 16 heavy (non-hydrogen) atoms. The van der Waals surface area contributed by atoms with E-state index >= 15 is 0 Å². The third kappa shape index (κ3) is 2.13. The molecule has 2 rings (SSSR count). The highest BCUT2D eigenvalue weighted by atomic mass is 16.5. The van der Waals surface area contributed by atoms with Crippen molar-refractivity contribution in [1.29, 1.82) is 0 Å². The van der Waals surface area contributed by atoms with E-state index in [2.05, 4.69) is 12.3 Å². The number of hydrogen-bond acceptors (Lipinski definition) is 3. The van der Waals surface area contributed by atoms with Crippen molar-refractivity contribution >= 4 is 0 Å². The Labute approximate surface area is 99.1 Å². The van der Waals surface area contributed by atoms with Crippen LogP contribution in [0.25, 0.3) is 0 Å². The van der Waals surface area contributed by atoms with Crippen molar-refractivity contribution in [1.82, 2.24) is 5.43 Å². The standard InChI is InChI=1S/C13H26N2O/c1-10-4-6-11(7-5-10)12(15-14)13(16-2)8-3-9-13/h10-12,15H,3-9,14H2,1-2H3. The number of ether oxygens (including phenoxy) is 1. The van der Waals surface area contributed by atoms with Gasteiger partial charge in [0.1, 0.15) is 0 Å². The van der Waals surface area contributed by atoms with Crippen LogP contribution in [0.4, 0.5) is 0 Å². The smallest absolute Gasteiger partial charge is 0.0847 e. The number of hydrogen-bond donors (Lipinski definition) is 2. The van der Waals surface area contributed by atoms with Gasteiger partial charge in [-0.1, -0.05) is 19.8 Å². The van der Waals surface area contributed by atoms with Crippen LogP contribution in [-0.4, -0.2) is 18.8 Å². The third-order valence-electron chi connectivity index (χ3n) is 4.88. The maximum Gasteiger partial charge on any atom is 0.0847 e. The monoisotopic (exact) mass is 226 g/mol. The van der Waals surface area contributed by atoms with Gasteiger partial charge < -0.3 is 4.74 Å². The van der Waals surface area contributed by atoms with E-state index in [1.807, 2.05) is 7.11 Å². The average molecular weight is 226 g/mol. The summed E-state index contributed by atoms with van der Waals surface area (Å²) in [4.78, 5) is 0. The van der Waals surface area contributed by atoms with Crippen molar-refractivity contribution < 1.29 is 4.74 Å². The van der Waals surface area contributed by atoms with Crippen LogP contribution in [0.1, 0.15) is 51.9 Å². The van der Waals surface area contributed by atoms with Crippen LogP contribution >= 0.6 is 0 Å². The average Bonchev–Trinajstić information content (AvgIpc) is 2.25. The van der Waals surface area contributed by atoms with E-state index in [0.717, 1.165) is 5.92 Å². The van der Waals surface area contributed by atoms with E-state index in [4.69, 9.17) is 10.6 Å². The second-order valence-electron chi connectivity index (χ2n) is 5.79. The molecule has 0 amide bonds. The Balaban J connectivity index is 1.99. The first-order chi connectivity index (χ1) is 7.72. The normalized spacial score (nSPS) is 35.4. The van der Waals surface area contributed by atoms with E-state index in [1.54, 1.807) is 0 Å². The minimum atomic E-state index is 0.0417. The fourth-order valence-electron chi connectivity index (χ4n) is 3.50. The van der Waals surface area contributed by atoms with Crippen LogP contribution in [0, 0.1) is 11.8 Å². The zero-order valence-corrected chi connectivity index (χ0v) is 10.7. The van der Waals surface area contributed by atoms with Gasteiger partial charge >= 0.3 is 0 Å². The van der Waals surface area contributed by atoms with E-state index in [1.165, 1.54) is 44.9 Å². The summed E-state index contributed by atoms with van der Waals surface area (Å²) in [5, 5.41) is 0. The molecule has 0 saturated heterocycles. The third-order valence-corrected chi connectivity index (χ3v) is 4.88. The van der Waals surface area contributed by atoms with Crippen LogP contribution in [0.15, 0.2) is 0 Å². The molecule has 2 aliphatic rings. The topological polar surface area (TPSA) is 47.3 Å². The number of nitrogens with two attached hydrogens (primary N) is 1. The van der Waals surface area contributed by atoms with Crippen LogP contribution in [0.2, 0.25) is 0 Å². The first-order valence-corrected chi connectivity index (χ1v) is 6.73. The van der Waals surface area contributed by atoms with Gasteiger partial charge in [-0.15, -0.1) is 0 Å². The SMILES string of the molecule is COC1(C(NN)C2CCC(C)CC2)CCC1. The molecule has 3 N–H and O–H groups in total. The largest absolute Gasteiger partial charge is 0.377 e. The fraction of sp³-hybridized carbons (Fsp3) is 1.00. The predicted molar refractivity (Wildman–Crippen MR) is 65.8 cm³/mol. The molecule has 94 valence electrons. The highest BCUT2D eigenvalue weighted by Gasteiger charge is 2.47. The van der Waals surface area contributed by atoms with Gasteiger partial charge in [0, 0.05) is 7.11 Å². The zero-order chi connectivity index (χ0) is 11.6. The summed E-state index contributed by atoms with van der Waals surface area (Å²) in [7, 11) is 1.84. The highest BCUT2D eigenvalue weighted by molar-refractivity contribution is 5.02. The molecule has 0 aromatic rings. The Hall–Kier alpha value is -0.120. The lowest BCUT2D eigenvalue weighted by Gasteiger charge is -2.50.